The number of aromatic nitrogens is 2. The molecule has 4 heterocycles. The number of nitrogens with zero attached hydrogens (tertiary/aromatic N) is 2. The summed E-state index contributed by atoms with van der Waals surface area (Å²) in [6, 6.07) is 18.4. The second-order valence-electron chi connectivity index (χ2n) is 5.27. The summed E-state index contributed by atoms with van der Waals surface area (Å²) in [4.78, 5) is 18.9. The predicted octanol–water partition coefficient (Wildman–Crippen LogP) is 3.03. The van der Waals surface area contributed by atoms with Crippen molar-refractivity contribution < 1.29 is 4.42 Å². The SMILES string of the molecule is C1=CNNC1.O=c1ccc2ccccc2o1.c1cnc2ncccc2c1. The summed E-state index contributed by atoms with van der Waals surface area (Å²) in [5.74, 6) is 0. The minimum atomic E-state index is -0.302. The van der Waals surface area contributed by atoms with E-state index in [1.807, 2.05) is 54.7 Å². The first kappa shape index (κ1) is 17.3. The van der Waals surface area contributed by atoms with E-state index < -0.39 is 0 Å². The fraction of sp³-hybridized carbons (Fsp3) is 0.0500. The van der Waals surface area contributed by atoms with Gasteiger partial charge in [0.15, 0.2) is 5.65 Å². The van der Waals surface area contributed by atoms with Crippen LogP contribution < -0.4 is 16.5 Å². The van der Waals surface area contributed by atoms with E-state index in [2.05, 4.69) is 20.8 Å². The average Bonchev–Trinajstić information content (AvgIpc) is 3.29. The Bertz CT molecular complexity index is 988. The number of hydrogen-bond donors (Lipinski definition) is 2. The molecule has 26 heavy (non-hydrogen) atoms. The van der Waals surface area contributed by atoms with E-state index in [9.17, 15) is 4.79 Å². The summed E-state index contributed by atoms with van der Waals surface area (Å²) in [7, 11) is 0. The quantitative estimate of drug-likeness (QED) is 0.477. The molecule has 0 unspecified atom stereocenters. The number of rotatable bonds is 0. The minimum Gasteiger partial charge on any atom is -0.423 e. The number of pyridine rings is 2. The number of benzene rings is 1. The van der Waals surface area contributed by atoms with Gasteiger partial charge in [0, 0.05) is 42.0 Å². The van der Waals surface area contributed by atoms with Crippen molar-refractivity contribution >= 4 is 22.0 Å². The fourth-order valence-corrected chi connectivity index (χ4v) is 2.21. The van der Waals surface area contributed by atoms with Crippen LogP contribution in [0.3, 0.4) is 0 Å². The fourth-order valence-electron chi connectivity index (χ4n) is 2.21. The summed E-state index contributed by atoms with van der Waals surface area (Å²) in [6.07, 6.45) is 7.38. The van der Waals surface area contributed by atoms with Gasteiger partial charge in [-0.25, -0.2) is 20.2 Å². The second-order valence-corrected chi connectivity index (χ2v) is 5.27. The number of hydrazine groups is 1. The highest BCUT2D eigenvalue weighted by Gasteiger charge is 1.92. The van der Waals surface area contributed by atoms with Crippen LogP contribution >= 0.6 is 0 Å². The zero-order valence-electron chi connectivity index (χ0n) is 14.0. The molecule has 1 aromatic carbocycles. The van der Waals surface area contributed by atoms with Crippen molar-refractivity contribution in [2.45, 2.75) is 0 Å². The first-order valence-electron chi connectivity index (χ1n) is 8.11. The molecule has 0 atom stereocenters. The van der Waals surface area contributed by atoms with E-state index in [4.69, 9.17) is 4.42 Å². The molecule has 4 aromatic rings. The van der Waals surface area contributed by atoms with Gasteiger partial charge in [-0.1, -0.05) is 24.3 Å². The second kappa shape index (κ2) is 9.10. The van der Waals surface area contributed by atoms with Crippen molar-refractivity contribution in [2.24, 2.45) is 0 Å². The first-order chi connectivity index (χ1) is 12.8. The Balaban J connectivity index is 0.000000121. The van der Waals surface area contributed by atoms with Crippen LogP contribution in [0.5, 0.6) is 0 Å². The third-order valence-electron chi connectivity index (χ3n) is 3.43. The van der Waals surface area contributed by atoms with Gasteiger partial charge in [0.2, 0.25) is 0 Å². The maximum absolute atomic E-state index is 10.7. The van der Waals surface area contributed by atoms with E-state index in [0.29, 0.717) is 5.58 Å². The summed E-state index contributed by atoms with van der Waals surface area (Å²) in [5.41, 5.74) is 6.80. The third-order valence-corrected chi connectivity index (χ3v) is 3.43. The normalized spacial score (nSPS) is 11.8. The number of fused-ring (bicyclic) bond motifs is 2. The Morgan fingerprint density at radius 2 is 1.58 bits per heavy atom. The monoisotopic (exact) mass is 346 g/mol. The van der Waals surface area contributed by atoms with E-state index in [1.165, 1.54) is 6.07 Å². The van der Waals surface area contributed by atoms with Crippen LogP contribution in [-0.2, 0) is 0 Å². The van der Waals surface area contributed by atoms with E-state index in [-0.39, 0.29) is 5.63 Å². The third kappa shape index (κ3) is 4.99. The lowest BCUT2D eigenvalue weighted by molar-refractivity contribution is 0.561. The lowest BCUT2D eigenvalue weighted by atomic mass is 10.2. The molecule has 6 nitrogen and oxygen atoms in total. The molecular weight excluding hydrogens is 328 g/mol. The molecule has 2 N–H and O–H groups in total. The lowest BCUT2D eigenvalue weighted by Crippen LogP contribution is -2.19. The van der Waals surface area contributed by atoms with Gasteiger partial charge in [0.25, 0.3) is 0 Å². The molecule has 0 spiro atoms. The molecule has 6 heteroatoms. The van der Waals surface area contributed by atoms with Crippen molar-refractivity contribution in [1.29, 1.82) is 0 Å². The zero-order valence-corrected chi connectivity index (χ0v) is 14.0. The van der Waals surface area contributed by atoms with Gasteiger partial charge in [-0.2, -0.15) is 0 Å². The maximum Gasteiger partial charge on any atom is 0.336 e. The van der Waals surface area contributed by atoms with Crippen molar-refractivity contribution in [2.75, 3.05) is 6.54 Å². The molecule has 3 aromatic heterocycles. The summed E-state index contributed by atoms with van der Waals surface area (Å²) < 4.78 is 4.91. The molecule has 0 radical (unpaired) electrons. The van der Waals surface area contributed by atoms with Crippen molar-refractivity contribution in [1.82, 2.24) is 20.8 Å². The Hall–Kier alpha value is -3.51. The minimum absolute atomic E-state index is 0.302. The topological polar surface area (TPSA) is 80.0 Å². The van der Waals surface area contributed by atoms with E-state index in [1.54, 1.807) is 24.5 Å². The molecule has 0 saturated carbocycles. The molecule has 0 bridgehead atoms. The van der Waals surface area contributed by atoms with E-state index >= 15 is 0 Å². The number of para-hydroxylation sites is 1. The van der Waals surface area contributed by atoms with Crippen molar-refractivity contribution in [3.8, 4) is 0 Å². The first-order valence-corrected chi connectivity index (χ1v) is 8.11. The van der Waals surface area contributed by atoms with Gasteiger partial charge in [-0.15, -0.1) is 0 Å². The highest BCUT2D eigenvalue weighted by Crippen LogP contribution is 2.09. The smallest absolute Gasteiger partial charge is 0.336 e. The standard InChI is InChI=1S/C9H6O2.C8H6N2.C3H6N2/c10-9-6-5-7-3-1-2-4-8(7)11-9;1-3-7-4-2-6-10-8(7)9-5-1;1-2-4-5-3-1/h1-6H;1-6H;1-2,4-5H,3H2. The van der Waals surface area contributed by atoms with E-state index in [0.717, 1.165) is 23.0 Å². The van der Waals surface area contributed by atoms with Crippen LogP contribution in [0.2, 0.25) is 0 Å². The van der Waals surface area contributed by atoms with Crippen LogP contribution in [0.1, 0.15) is 0 Å². The van der Waals surface area contributed by atoms with Gasteiger partial charge in [-0.05, 0) is 36.4 Å². The molecule has 0 fully saturated rings. The molecule has 130 valence electrons. The summed E-state index contributed by atoms with van der Waals surface area (Å²) in [6.45, 7) is 0.958. The van der Waals surface area contributed by atoms with Crippen molar-refractivity contribution in [3.05, 3.63) is 95.8 Å². The lowest BCUT2D eigenvalue weighted by Gasteiger charge is -1.91. The molecule has 5 rings (SSSR count). The molecule has 1 aliphatic rings. The molecule has 0 saturated heterocycles. The largest absolute Gasteiger partial charge is 0.423 e. The Morgan fingerprint density at radius 3 is 2.19 bits per heavy atom. The molecule has 0 amide bonds. The van der Waals surface area contributed by atoms with Crippen LogP contribution in [-0.4, -0.2) is 16.5 Å². The van der Waals surface area contributed by atoms with Crippen LogP contribution in [0.4, 0.5) is 0 Å². The Morgan fingerprint density at radius 1 is 0.846 bits per heavy atom. The highest BCUT2D eigenvalue weighted by molar-refractivity contribution is 5.75. The molecule has 0 aliphatic carbocycles. The zero-order chi connectivity index (χ0) is 18.0. The van der Waals surface area contributed by atoms with Gasteiger partial charge in [0.05, 0.1) is 0 Å². The summed E-state index contributed by atoms with van der Waals surface area (Å²) >= 11 is 0. The van der Waals surface area contributed by atoms with Crippen LogP contribution in [0, 0.1) is 0 Å². The van der Waals surface area contributed by atoms with Crippen LogP contribution in [0.15, 0.2) is 94.5 Å². The maximum atomic E-state index is 10.7. The van der Waals surface area contributed by atoms with Gasteiger partial charge in [0.1, 0.15) is 5.58 Å². The Kier molecular flexibility index (Phi) is 6.06. The van der Waals surface area contributed by atoms with Gasteiger partial charge < -0.3 is 9.84 Å². The van der Waals surface area contributed by atoms with Crippen LogP contribution in [0.25, 0.3) is 22.0 Å². The number of hydrogen-bond acceptors (Lipinski definition) is 6. The van der Waals surface area contributed by atoms with Crippen molar-refractivity contribution in [3.63, 3.8) is 0 Å². The number of nitrogens with one attached hydrogen (secondary N) is 2. The highest BCUT2D eigenvalue weighted by atomic mass is 16.4. The molecular formula is C20H18N4O2. The molecule has 1 aliphatic heterocycles. The van der Waals surface area contributed by atoms with Gasteiger partial charge >= 0.3 is 5.63 Å². The van der Waals surface area contributed by atoms with Gasteiger partial charge in [-0.3, -0.25) is 0 Å². The Labute approximate surface area is 150 Å². The summed E-state index contributed by atoms with van der Waals surface area (Å²) in [5, 5.41) is 2.04. The predicted molar refractivity (Wildman–Crippen MR) is 102 cm³/mol. The average molecular weight is 346 g/mol.